The zero-order chi connectivity index (χ0) is 15.1. The number of ether oxygens (including phenoxy) is 1. The van der Waals surface area contributed by atoms with Crippen LogP contribution in [-0.4, -0.2) is 21.3 Å². The molecule has 0 fully saturated rings. The molecule has 1 aliphatic rings. The van der Waals surface area contributed by atoms with E-state index in [1.165, 1.54) is 12.3 Å². The van der Waals surface area contributed by atoms with Gasteiger partial charge >= 0.3 is 5.97 Å². The quantitative estimate of drug-likeness (QED) is 0.381. The summed E-state index contributed by atoms with van der Waals surface area (Å²) in [6.07, 6.45) is 2.71. The summed E-state index contributed by atoms with van der Waals surface area (Å²) >= 11 is 5.25. The lowest BCUT2D eigenvalue weighted by atomic mass is 10.1. The molecule has 0 unspecified atom stereocenters. The highest BCUT2D eigenvalue weighted by Crippen LogP contribution is 2.20. The number of aromatic nitrogens is 2. The van der Waals surface area contributed by atoms with Crippen LogP contribution in [0.1, 0.15) is 12.5 Å². The van der Waals surface area contributed by atoms with Gasteiger partial charge in [0.05, 0.1) is 11.0 Å². The summed E-state index contributed by atoms with van der Waals surface area (Å²) in [5.74, 6) is -0.754. The van der Waals surface area contributed by atoms with Crippen LogP contribution in [0.25, 0.3) is 17.2 Å². The number of hydrogen-bond donors (Lipinski definition) is 1. The molecular formula is C15H12N2O3S. The van der Waals surface area contributed by atoms with Gasteiger partial charge in [0.1, 0.15) is 11.3 Å². The number of aryl methyl sites for hydroxylation is 1. The Morgan fingerprint density at radius 2 is 2.05 bits per heavy atom. The molecule has 3 rings (SSSR count). The Bertz CT molecular complexity index is 899. The molecule has 0 bridgehead atoms. The molecule has 5 nitrogen and oxygen atoms in total. The molecule has 0 radical (unpaired) electrons. The molecule has 0 aliphatic carbocycles. The van der Waals surface area contributed by atoms with E-state index in [1.807, 2.05) is 25.1 Å². The molecule has 1 aromatic heterocycles. The first kappa shape index (κ1) is 13.5. The number of nitrogens with one attached hydrogen (secondary N) is 1. The predicted octanol–water partition coefficient (Wildman–Crippen LogP) is 2.88. The van der Waals surface area contributed by atoms with E-state index in [0.717, 1.165) is 16.6 Å². The standard InChI is InChI=1S/C15H12N2O3S/c1-8-3-4-12-11(5-8)16-15(21)17(12)7-10-13(18)6-9(2)20-14(10)19/h3-7H,1-2H3,(H,16,21)/b10-7+. The zero-order valence-corrected chi connectivity index (χ0v) is 12.3. The van der Waals surface area contributed by atoms with Gasteiger partial charge in [-0.05, 0) is 43.8 Å². The summed E-state index contributed by atoms with van der Waals surface area (Å²) in [6.45, 7) is 3.54. The second-order valence-electron chi connectivity index (χ2n) is 4.87. The van der Waals surface area contributed by atoms with Gasteiger partial charge in [0.25, 0.3) is 0 Å². The van der Waals surface area contributed by atoms with E-state index in [4.69, 9.17) is 17.0 Å². The Morgan fingerprint density at radius 3 is 2.76 bits per heavy atom. The molecule has 1 N–H and O–H groups in total. The number of ketones is 1. The number of aromatic amines is 1. The lowest BCUT2D eigenvalue weighted by Gasteiger charge is -2.11. The van der Waals surface area contributed by atoms with Gasteiger partial charge in [-0.3, -0.25) is 9.36 Å². The summed E-state index contributed by atoms with van der Waals surface area (Å²) in [7, 11) is 0. The van der Waals surface area contributed by atoms with Crippen molar-refractivity contribution >= 4 is 41.2 Å². The molecule has 0 saturated carbocycles. The smallest absolute Gasteiger partial charge is 0.348 e. The van der Waals surface area contributed by atoms with E-state index in [-0.39, 0.29) is 11.4 Å². The average molecular weight is 300 g/mol. The van der Waals surface area contributed by atoms with Crippen molar-refractivity contribution in [2.75, 3.05) is 0 Å². The topological polar surface area (TPSA) is 64.1 Å². The van der Waals surface area contributed by atoms with Crippen molar-refractivity contribution in [3.8, 4) is 0 Å². The fourth-order valence-corrected chi connectivity index (χ4v) is 2.47. The number of benzene rings is 1. The Hall–Kier alpha value is -2.47. The Kier molecular flexibility index (Phi) is 3.10. The minimum atomic E-state index is -0.664. The van der Waals surface area contributed by atoms with E-state index in [1.54, 1.807) is 11.5 Å². The number of rotatable bonds is 1. The van der Waals surface area contributed by atoms with Gasteiger partial charge in [-0.25, -0.2) is 4.79 Å². The molecule has 6 heteroatoms. The minimum Gasteiger partial charge on any atom is -0.427 e. The van der Waals surface area contributed by atoms with Gasteiger partial charge in [0.2, 0.25) is 0 Å². The van der Waals surface area contributed by atoms with Crippen molar-refractivity contribution in [1.29, 1.82) is 0 Å². The zero-order valence-electron chi connectivity index (χ0n) is 11.5. The van der Waals surface area contributed by atoms with E-state index in [0.29, 0.717) is 10.5 Å². The molecule has 0 atom stereocenters. The van der Waals surface area contributed by atoms with Gasteiger partial charge < -0.3 is 9.72 Å². The first-order valence-corrected chi connectivity index (χ1v) is 6.74. The second-order valence-corrected chi connectivity index (χ2v) is 5.26. The van der Waals surface area contributed by atoms with Gasteiger partial charge in [-0.2, -0.15) is 0 Å². The van der Waals surface area contributed by atoms with E-state index in [9.17, 15) is 9.59 Å². The molecule has 2 aromatic rings. The van der Waals surface area contributed by atoms with Gasteiger partial charge in [-0.15, -0.1) is 0 Å². The molecule has 1 aliphatic heterocycles. The van der Waals surface area contributed by atoms with Crippen LogP contribution in [-0.2, 0) is 14.3 Å². The maximum absolute atomic E-state index is 11.9. The minimum absolute atomic E-state index is 0.0434. The summed E-state index contributed by atoms with van der Waals surface area (Å²) in [5.41, 5.74) is 2.69. The maximum Gasteiger partial charge on any atom is 0.348 e. The maximum atomic E-state index is 11.9. The number of carbonyl (C=O) groups excluding carboxylic acids is 2. The summed E-state index contributed by atoms with van der Waals surface area (Å²) in [5, 5.41) is 0. The predicted molar refractivity (Wildman–Crippen MR) is 81.0 cm³/mol. The number of H-pyrrole nitrogens is 1. The SMILES string of the molecule is CC1=CC(=O)/C(=C\n2c(=S)[nH]c3cc(C)ccc32)C(=O)O1. The normalized spacial score (nSPS) is 17.2. The van der Waals surface area contributed by atoms with E-state index in [2.05, 4.69) is 4.98 Å². The summed E-state index contributed by atoms with van der Waals surface area (Å²) in [6, 6.07) is 5.77. The number of cyclic esters (lactones) is 1. The third-order valence-corrected chi connectivity index (χ3v) is 3.50. The number of hydrogen-bond acceptors (Lipinski definition) is 4. The second kappa shape index (κ2) is 4.82. The summed E-state index contributed by atoms with van der Waals surface area (Å²) in [4.78, 5) is 26.8. The van der Waals surface area contributed by atoms with Crippen LogP contribution in [0.5, 0.6) is 0 Å². The fourth-order valence-electron chi connectivity index (χ4n) is 2.21. The fraction of sp³-hybridized carbons (Fsp3) is 0.133. The van der Waals surface area contributed by atoms with Gasteiger partial charge in [0.15, 0.2) is 10.6 Å². The molecule has 106 valence electrons. The molecular weight excluding hydrogens is 288 g/mol. The molecule has 0 saturated heterocycles. The average Bonchev–Trinajstić information content (AvgIpc) is 2.68. The molecule has 2 heterocycles. The Morgan fingerprint density at radius 1 is 1.29 bits per heavy atom. The monoisotopic (exact) mass is 300 g/mol. The third kappa shape index (κ3) is 2.34. The summed E-state index contributed by atoms with van der Waals surface area (Å²) < 4.78 is 6.98. The van der Waals surface area contributed by atoms with Crippen molar-refractivity contribution in [2.24, 2.45) is 0 Å². The van der Waals surface area contributed by atoms with Gasteiger partial charge in [0, 0.05) is 12.3 Å². The van der Waals surface area contributed by atoms with Gasteiger partial charge in [-0.1, -0.05) is 6.07 Å². The number of fused-ring (bicyclic) bond motifs is 1. The highest BCUT2D eigenvalue weighted by molar-refractivity contribution is 7.71. The van der Waals surface area contributed by atoms with Crippen LogP contribution in [0.3, 0.4) is 0 Å². The van der Waals surface area contributed by atoms with Crippen molar-refractivity contribution < 1.29 is 14.3 Å². The van der Waals surface area contributed by atoms with Crippen molar-refractivity contribution in [3.05, 3.63) is 45.9 Å². The lowest BCUT2D eigenvalue weighted by molar-refractivity contribution is -0.137. The third-order valence-electron chi connectivity index (χ3n) is 3.20. The first-order valence-electron chi connectivity index (χ1n) is 6.33. The van der Waals surface area contributed by atoms with E-state index < -0.39 is 5.97 Å². The van der Waals surface area contributed by atoms with Crippen molar-refractivity contribution in [2.45, 2.75) is 13.8 Å². The highest BCUT2D eigenvalue weighted by Gasteiger charge is 2.24. The number of carbonyl (C=O) groups is 2. The molecule has 0 amide bonds. The number of imidazole rings is 1. The molecule has 1 aromatic carbocycles. The van der Waals surface area contributed by atoms with Crippen LogP contribution in [0, 0.1) is 11.7 Å². The van der Waals surface area contributed by atoms with Crippen LogP contribution >= 0.6 is 12.2 Å². The first-order chi connectivity index (χ1) is 9.95. The highest BCUT2D eigenvalue weighted by atomic mass is 32.1. The van der Waals surface area contributed by atoms with Crippen molar-refractivity contribution in [3.63, 3.8) is 0 Å². The number of nitrogens with zero attached hydrogens (tertiary/aromatic N) is 1. The number of allylic oxidation sites excluding steroid dienone is 2. The Labute approximate surface area is 125 Å². The molecule has 21 heavy (non-hydrogen) atoms. The van der Waals surface area contributed by atoms with E-state index >= 15 is 0 Å². The molecule has 0 spiro atoms. The number of esters is 1. The Balaban J connectivity index is 2.20. The van der Waals surface area contributed by atoms with Crippen LogP contribution < -0.4 is 0 Å². The van der Waals surface area contributed by atoms with Crippen LogP contribution in [0.2, 0.25) is 0 Å². The van der Waals surface area contributed by atoms with Crippen LogP contribution in [0.15, 0.2) is 35.6 Å². The largest absolute Gasteiger partial charge is 0.427 e. The lowest BCUT2D eigenvalue weighted by Crippen LogP contribution is -2.19. The van der Waals surface area contributed by atoms with Crippen LogP contribution in [0.4, 0.5) is 0 Å². The van der Waals surface area contributed by atoms with Crippen molar-refractivity contribution in [1.82, 2.24) is 9.55 Å².